The minimum atomic E-state index is 0.0231. The normalized spacial score (nSPS) is 17.1. The monoisotopic (exact) mass is 315 g/mol. The van der Waals surface area contributed by atoms with Crippen molar-refractivity contribution < 1.29 is 4.79 Å². The number of hydrogen-bond acceptors (Lipinski definition) is 2. The van der Waals surface area contributed by atoms with Gasteiger partial charge in [-0.1, -0.05) is 44.2 Å². The topological polar surface area (TPSA) is 35.6 Å². The second-order valence-corrected chi connectivity index (χ2v) is 6.57. The van der Waals surface area contributed by atoms with Gasteiger partial charge in [0, 0.05) is 32.7 Å². The van der Waals surface area contributed by atoms with Crippen LogP contribution in [0.4, 0.5) is 4.79 Å². The first kappa shape index (κ1) is 17.5. The fourth-order valence-electron chi connectivity index (χ4n) is 2.85. The molecule has 0 spiro atoms. The van der Waals surface area contributed by atoms with Crippen molar-refractivity contribution in [3.8, 4) is 0 Å². The molecule has 1 fully saturated rings. The Balaban J connectivity index is 1.86. The van der Waals surface area contributed by atoms with E-state index in [9.17, 15) is 4.79 Å². The van der Waals surface area contributed by atoms with Gasteiger partial charge in [0.2, 0.25) is 0 Å². The molecule has 4 nitrogen and oxygen atoms in total. The van der Waals surface area contributed by atoms with Gasteiger partial charge in [-0.15, -0.1) is 6.58 Å². The molecule has 0 aliphatic carbocycles. The summed E-state index contributed by atoms with van der Waals surface area (Å²) in [4.78, 5) is 16.6. The van der Waals surface area contributed by atoms with Crippen molar-refractivity contribution in [3.05, 3.63) is 48.0 Å². The van der Waals surface area contributed by atoms with E-state index in [0.29, 0.717) is 5.92 Å². The molecular formula is C19H29N3O. The lowest BCUT2D eigenvalue weighted by Gasteiger charge is -2.34. The van der Waals surface area contributed by atoms with Crippen molar-refractivity contribution in [1.29, 1.82) is 0 Å². The molecule has 0 aromatic heterocycles. The van der Waals surface area contributed by atoms with Crippen LogP contribution in [0.5, 0.6) is 0 Å². The molecule has 23 heavy (non-hydrogen) atoms. The maximum absolute atomic E-state index is 12.4. The maximum atomic E-state index is 12.4. The molecule has 126 valence electrons. The summed E-state index contributed by atoms with van der Waals surface area (Å²) in [6.45, 7) is 14.5. The fourth-order valence-corrected chi connectivity index (χ4v) is 2.85. The van der Waals surface area contributed by atoms with Crippen LogP contribution >= 0.6 is 0 Å². The number of urea groups is 1. The Bertz CT molecular complexity index is 516. The molecule has 1 atom stereocenters. The van der Waals surface area contributed by atoms with E-state index in [4.69, 9.17) is 0 Å². The standard InChI is InChI=1S/C19H29N3O/c1-5-10-21-11-13-22(14-12-21)19(23)20-16(4)18-8-6-17(7-9-18)15(2)3/h5-9,15-16H,1,10-14H2,2-4H3,(H,20,23)/t16-/m0/s1. The Morgan fingerprint density at radius 3 is 2.22 bits per heavy atom. The Morgan fingerprint density at radius 2 is 1.70 bits per heavy atom. The SMILES string of the molecule is C=CCN1CCN(C(=O)N[C@@H](C)c2ccc(C(C)C)cc2)CC1. The predicted molar refractivity (Wildman–Crippen MR) is 95.7 cm³/mol. The largest absolute Gasteiger partial charge is 0.331 e. The fraction of sp³-hybridized carbons (Fsp3) is 0.526. The zero-order chi connectivity index (χ0) is 16.8. The van der Waals surface area contributed by atoms with E-state index in [1.54, 1.807) is 0 Å². The average molecular weight is 315 g/mol. The van der Waals surface area contributed by atoms with Crippen LogP contribution in [-0.2, 0) is 0 Å². The number of nitrogens with one attached hydrogen (secondary N) is 1. The average Bonchev–Trinajstić information content (AvgIpc) is 2.55. The van der Waals surface area contributed by atoms with Gasteiger partial charge in [-0.05, 0) is 24.0 Å². The third kappa shape index (κ3) is 4.83. The highest BCUT2D eigenvalue weighted by Gasteiger charge is 2.21. The summed E-state index contributed by atoms with van der Waals surface area (Å²) >= 11 is 0. The molecule has 2 amide bonds. The number of hydrogen-bond donors (Lipinski definition) is 1. The lowest BCUT2D eigenvalue weighted by atomic mass is 10.00. The van der Waals surface area contributed by atoms with Crippen molar-refractivity contribution >= 4 is 6.03 Å². The highest BCUT2D eigenvalue weighted by Crippen LogP contribution is 2.18. The predicted octanol–water partition coefficient (Wildman–Crippen LogP) is 3.38. The van der Waals surface area contributed by atoms with Gasteiger partial charge in [-0.25, -0.2) is 4.79 Å². The molecule has 1 aromatic carbocycles. The summed E-state index contributed by atoms with van der Waals surface area (Å²) < 4.78 is 0. The van der Waals surface area contributed by atoms with Gasteiger partial charge in [0.1, 0.15) is 0 Å². The Hall–Kier alpha value is -1.81. The second-order valence-electron chi connectivity index (χ2n) is 6.57. The number of amides is 2. The quantitative estimate of drug-likeness (QED) is 0.846. The van der Waals surface area contributed by atoms with Crippen molar-refractivity contribution in [3.63, 3.8) is 0 Å². The first-order valence-corrected chi connectivity index (χ1v) is 8.49. The van der Waals surface area contributed by atoms with Crippen LogP contribution in [0.1, 0.15) is 43.9 Å². The van der Waals surface area contributed by atoms with Gasteiger partial charge >= 0.3 is 6.03 Å². The van der Waals surface area contributed by atoms with Crippen molar-refractivity contribution in [2.24, 2.45) is 0 Å². The highest BCUT2D eigenvalue weighted by atomic mass is 16.2. The van der Waals surface area contributed by atoms with E-state index < -0.39 is 0 Å². The molecule has 1 saturated heterocycles. The van der Waals surface area contributed by atoms with E-state index in [2.05, 4.69) is 54.9 Å². The zero-order valence-corrected chi connectivity index (χ0v) is 14.6. The third-order valence-corrected chi connectivity index (χ3v) is 4.49. The molecular weight excluding hydrogens is 286 g/mol. The Kier molecular flexibility index (Phi) is 6.22. The molecule has 1 aliphatic heterocycles. The Morgan fingerprint density at radius 1 is 1.13 bits per heavy atom. The van der Waals surface area contributed by atoms with Crippen LogP contribution in [0, 0.1) is 0 Å². The van der Waals surface area contributed by atoms with E-state index in [-0.39, 0.29) is 12.1 Å². The van der Waals surface area contributed by atoms with E-state index in [1.807, 2.05) is 17.9 Å². The van der Waals surface area contributed by atoms with Gasteiger partial charge < -0.3 is 10.2 Å². The van der Waals surface area contributed by atoms with E-state index >= 15 is 0 Å². The number of carbonyl (C=O) groups is 1. The smallest absolute Gasteiger partial charge is 0.317 e. The van der Waals surface area contributed by atoms with Crippen LogP contribution in [0.3, 0.4) is 0 Å². The molecule has 4 heteroatoms. The van der Waals surface area contributed by atoms with Gasteiger partial charge in [0.15, 0.2) is 0 Å². The summed E-state index contributed by atoms with van der Waals surface area (Å²) in [5.74, 6) is 0.529. The number of rotatable bonds is 5. The first-order chi connectivity index (χ1) is 11.0. The minimum Gasteiger partial charge on any atom is -0.331 e. The van der Waals surface area contributed by atoms with Gasteiger partial charge in [-0.3, -0.25) is 4.90 Å². The van der Waals surface area contributed by atoms with Crippen LogP contribution < -0.4 is 5.32 Å². The summed E-state index contributed by atoms with van der Waals surface area (Å²) in [7, 11) is 0. The molecule has 2 rings (SSSR count). The number of piperazine rings is 1. The van der Waals surface area contributed by atoms with E-state index in [0.717, 1.165) is 38.3 Å². The van der Waals surface area contributed by atoms with Crippen molar-refractivity contribution in [2.75, 3.05) is 32.7 Å². The van der Waals surface area contributed by atoms with Gasteiger partial charge in [0.25, 0.3) is 0 Å². The van der Waals surface area contributed by atoms with Crippen LogP contribution in [0.2, 0.25) is 0 Å². The van der Waals surface area contributed by atoms with E-state index in [1.165, 1.54) is 5.56 Å². The first-order valence-electron chi connectivity index (χ1n) is 8.49. The number of carbonyl (C=O) groups excluding carboxylic acids is 1. The molecule has 1 heterocycles. The zero-order valence-electron chi connectivity index (χ0n) is 14.6. The molecule has 0 saturated carbocycles. The van der Waals surface area contributed by atoms with Gasteiger partial charge in [-0.2, -0.15) is 0 Å². The molecule has 1 N–H and O–H groups in total. The number of nitrogens with zero attached hydrogens (tertiary/aromatic N) is 2. The van der Waals surface area contributed by atoms with Crippen LogP contribution in [0.15, 0.2) is 36.9 Å². The lowest BCUT2D eigenvalue weighted by molar-refractivity contribution is 0.145. The summed E-state index contributed by atoms with van der Waals surface area (Å²) in [6, 6.07) is 8.58. The summed E-state index contributed by atoms with van der Waals surface area (Å²) in [6.07, 6.45) is 1.92. The van der Waals surface area contributed by atoms with Crippen LogP contribution in [0.25, 0.3) is 0 Å². The third-order valence-electron chi connectivity index (χ3n) is 4.49. The van der Waals surface area contributed by atoms with Crippen molar-refractivity contribution in [1.82, 2.24) is 15.1 Å². The molecule has 0 radical (unpaired) electrons. The molecule has 0 unspecified atom stereocenters. The molecule has 0 bridgehead atoms. The second kappa shape index (κ2) is 8.16. The minimum absolute atomic E-state index is 0.0231. The summed E-state index contributed by atoms with van der Waals surface area (Å²) in [5.41, 5.74) is 2.47. The van der Waals surface area contributed by atoms with Crippen molar-refractivity contribution in [2.45, 2.75) is 32.7 Å². The van der Waals surface area contributed by atoms with Crippen LogP contribution in [-0.4, -0.2) is 48.6 Å². The molecule has 1 aliphatic rings. The lowest BCUT2D eigenvalue weighted by Crippen LogP contribution is -2.52. The highest BCUT2D eigenvalue weighted by molar-refractivity contribution is 5.74. The summed E-state index contributed by atoms with van der Waals surface area (Å²) in [5, 5.41) is 3.11. The Labute approximate surface area is 140 Å². The molecule has 1 aromatic rings. The maximum Gasteiger partial charge on any atom is 0.317 e. The van der Waals surface area contributed by atoms with Gasteiger partial charge in [0.05, 0.1) is 6.04 Å². The number of benzene rings is 1.